The van der Waals surface area contributed by atoms with Gasteiger partial charge in [0, 0.05) is 43.3 Å². The summed E-state index contributed by atoms with van der Waals surface area (Å²) >= 11 is 0. The Kier molecular flexibility index (Phi) is 7.15. The second-order valence-electron chi connectivity index (χ2n) is 7.24. The van der Waals surface area contributed by atoms with Gasteiger partial charge in [0.25, 0.3) is 11.6 Å². The number of piperidine rings is 1. The number of nitrogens with one attached hydrogen (secondary N) is 1. The van der Waals surface area contributed by atoms with Crippen molar-refractivity contribution >= 4 is 33.3 Å². The molecule has 1 aliphatic rings. The Morgan fingerprint density at radius 2 is 1.97 bits per heavy atom. The lowest BCUT2D eigenvalue weighted by molar-refractivity contribution is -0.384. The highest BCUT2D eigenvalue weighted by atomic mass is 32.2. The third-order valence-corrected chi connectivity index (χ3v) is 6.93. The molecule has 0 spiro atoms. The normalized spacial score (nSPS) is 16.2. The average molecular weight is 462 g/mol. The predicted molar refractivity (Wildman–Crippen MR) is 113 cm³/mol. The number of esters is 1. The van der Waals surface area contributed by atoms with Gasteiger partial charge in [0.1, 0.15) is 4.90 Å². The van der Waals surface area contributed by atoms with Crippen LogP contribution in [0.15, 0.2) is 53.7 Å². The van der Waals surface area contributed by atoms with E-state index in [0.29, 0.717) is 0 Å². The molecule has 1 saturated heterocycles. The Morgan fingerprint density at radius 1 is 1.25 bits per heavy atom. The topological polar surface area (TPSA) is 149 Å². The molecule has 1 aromatic heterocycles. The number of aromatic nitrogens is 1. The van der Waals surface area contributed by atoms with Gasteiger partial charge in [0.05, 0.1) is 10.8 Å². The average Bonchev–Trinajstić information content (AvgIpc) is 2.79. The molecular formula is C20H22N4O7S. The Balaban J connectivity index is 1.52. The molecule has 1 aliphatic heterocycles. The van der Waals surface area contributed by atoms with Crippen molar-refractivity contribution in [1.82, 2.24) is 9.29 Å². The minimum atomic E-state index is -3.69. The molecule has 1 aromatic carbocycles. The number of carbonyl (C=O) groups is 2. The maximum atomic E-state index is 12.6. The summed E-state index contributed by atoms with van der Waals surface area (Å²) in [5.74, 6) is -1.76. The Labute approximate surface area is 184 Å². The fourth-order valence-electron chi connectivity index (χ4n) is 3.25. The monoisotopic (exact) mass is 462 g/mol. The van der Waals surface area contributed by atoms with E-state index in [1.54, 1.807) is 0 Å². The maximum absolute atomic E-state index is 12.6. The molecule has 3 rings (SSSR count). The van der Waals surface area contributed by atoms with Crippen molar-refractivity contribution in [2.24, 2.45) is 5.92 Å². The molecule has 0 aliphatic carbocycles. The molecule has 1 fully saturated rings. The maximum Gasteiger partial charge on any atom is 0.309 e. The second kappa shape index (κ2) is 9.83. The highest BCUT2D eigenvalue weighted by Crippen LogP contribution is 2.25. The fraction of sp³-hybridized carbons (Fsp3) is 0.350. The van der Waals surface area contributed by atoms with Crippen LogP contribution in [0.3, 0.4) is 0 Å². The van der Waals surface area contributed by atoms with Gasteiger partial charge in [-0.2, -0.15) is 4.31 Å². The van der Waals surface area contributed by atoms with Crippen LogP contribution < -0.4 is 5.32 Å². The van der Waals surface area contributed by atoms with E-state index in [9.17, 15) is 28.1 Å². The van der Waals surface area contributed by atoms with Gasteiger partial charge in [-0.15, -0.1) is 0 Å². The molecule has 0 radical (unpaired) electrons. The molecule has 1 amide bonds. The molecule has 2 heterocycles. The molecule has 11 nitrogen and oxygen atoms in total. The van der Waals surface area contributed by atoms with Crippen LogP contribution in [0, 0.1) is 16.0 Å². The molecule has 1 unspecified atom stereocenters. The number of nitro benzene ring substituents is 1. The zero-order valence-corrected chi connectivity index (χ0v) is 18.0. The van der Waals surface area contributed by atoms with E-state index in [-0.39, 0.29) is 42.2 Å². The van der Waals surface area contributed by atoms with E-state index in [4.69, 9.17) is 4.74 Å². The lowest BCUT2D eigenvalue weighted by atomic mass is 9.98. The number of nitro groups is 1. The van der Waals surface area contributed by atoms with Crippen LogP contribution in [0.1, 0.15) is 19.8 Å². The summed E-state index contributed by atoms with van der Waals surface area (Å²) in [7, 11) is -3.69. The third-order valence-electron chi connectivity index (χ3n) is 5.05. The van der Waals surface area contributed by atoms with E-state index in [1.807, 2.05) is 0 Å². The van der Waals surface area contributed by atoms with Crippen LogP contribution in [-0.4, -0.2) is 53.7 Å². The number of non-ortho nitro benzene ring substituents is 1. The quantitative estimate of drug-likeness (QED) is 0.373. The van der Waals surface area contributed by atoms with Gasteiger partial charge < -0.3 is 10.1 Å². The summed E-state index contributed by atoms with van der Waals surface area (Å²) in [5.41, 5.74) is 0.0291. The van der Waals surface area contributed by atoms with Crippen LogP contribution >= 0.6 is 0 Å². The number of hydrogen-bond acceptors (Lipinski definition) is 8. The minimum Gasteiger partial charge on any atom is -0.452 e. The number of hydrogen-bond donors (Lipinski definition) is 1. The van der Waals surface area contributed by atoms with E-state index < -0.39 is 38.8 Å². The van der Waals surface area contributed by atoms with E-state index >= 15 is 0 Å². The van der Waals surface area contributed by atoms with Crippen LogP contribution in [0.4, 0.5) is 11.4 Å². The number of carbonyl (C=O) groups excluding carboxylic acids is 2. The Morgan fingerprint density at radius 3 is 2.59 bits per heavy atom. The van der Waals surface area contributed by atoms with Crippen LogP contribution in [0.2, 0.25) is 0 Å². The lowest BCUT2D eigenvalue weighted by Gasteiger charge is -2.30. The van der Waals surface area contributed by atoms with E-state index in [2.05, 4.69) is 10.3 Å². The molecule has 1 atom stereocenters. The first-order chi connectivity index (χ1) is 15.2. The van der Waals surface area contributed by atoms with Crippen molar-refractivity contribution in [2.45, 2.75) is 30.8 Å². The van der Waals surface area contributed by atoms with Gasteiger partial charge in [0.15, 0.2) is 6.10 Å². The Bertz CT molecular complexity index is 1100. The van der Waals surface area contributed by atoms with Gasteiger partial charge >= 0.3 is 5.97 Å². The molecule has 0 saturated carbocycles. The van der Waals surface area contributed by atoms with Crippen molar-refractivity contribution in [3.05, 3.63) is 58.9 Å². The molecule has 2 aromatic rings. The standard InChI is InChI=1S/C20H22N4O7S/c1-14(19(25)22-16-4-2-5-17(12-16)24(27)28)31-20(26)15-7-10-23(11-8-15)32(29,30)18-6-3-9-21-13-18/h2-6,9,12-15H,7-8,10-11H2,1H3,(H,22,25). The summed E-state index contributed by atoms with van der Waals surface area (Å²) in [6.07, 6.45) is 2.16. The predicted octanol–water partition coefficient (Wildman–Crippen LogP) is 1.96. The SMILES string of the molecule is CC(OC(=O)C1CCN(S(=O)(=O)c2cccnc2)CC1)C(=O)Nc1cccc([N+](=O)[O-])c1. The minimum absolute atomic E-state index is 0.0902. The van der Waals surface area contributed by atoms with Crippen molar-refractivity contribution in [1.29, 1.82) is 0 Å². The Hall–Kier alpha value is -3.38. The number of benzene rings is 1. The molecule has 12 heteroatoms. The van der Waals surface area contributed by atoms with Gasteiger partial charge in [0.2, 0.25) is 10.0 Å². The van der Waals surface area contributed by atoms with Gasteiger partial charge in [-0.3, -0.25) is 24.7 Å². The van der Waals surface area contributed by atoms with Crippen molar-refractivity contribution < 1.29 is 27.7 Å². The smallest absolute Gasteiger partial charge is 0.309 e. The highest BCUT2D eigenvalue weighted by Gasteiger charge is 2.34. The van der Waals surface area contributed by atoms with Gasteiger partial charge in [-0.25, -0.2) is 8.42 Å². The van der Waals surface area contributed by atoms with Gasteiger partial charge in [-0.05, 0) is 38.0 Å². The summed E-state index contributed by atoms with van der Waals surface area (Å²) in [6, 6.07) is 8.40. The summed E-state index contributed by atoms with van der Waals surface area (Å²) in [5, 5.41) is 13.3. The first-order valence-corrected chi connectivity index (χ1v) is 11.3. The van der Waals surface area contributed by atoms with Crippen LogP contribution in [0.25, 0.3) is 0 Å². The molecule has 0 bridgehead atoms. The first-order valence-electron chi connectivity index (χ1n) is 9.84. The summed E-state index contributed by atoms with van der Waals surface area (Å²) in [6.45, 7) is 1.68. The first kappa shape index (κ1) is 23.3. The van der Waals surface area contributed by atoms with Crippen molar-refractivity contribution in [2.75, 3.05) is 18.4 Å². The lowest BCUT2D eigenvalue weighted by Crippen LogP contribution is -2.41. The second-order valence-corrected chi connectivity index (χ2v) is 9.18. The van der Waals surface area contributed by atoms with Gasteiger partial charge in [-0.1, -0.05) is 6.07 Å². The number of anilines is 1. The molecule has 32 heavy (non-hydrogen) atoms. The number of amides is 1. The number of rotatable bonds is 7. The largest absolute Gasteiger partial charge is 0.452 e. The zero-order valence-electron chi connectivity index (χ0n) is 17.2. The molecular weight excluding hydrogens is 440 g/mol. The summed E-state index contributed by atoms with van der Waals surface area (Å²) < 4.78 is 31.8. The number of nitrogens with zero attached hydrogens (tertiary/aromatic N) is 3. The fourth-order valence-corrected chi connectivity index (χ4v) is 4.68. The van der Waals surface area contributed by atoms with Crippen LogP contribution in [-0.2, 0) is 24.3 Å². The van der Waals surface area contributed by atoms with Crippen molar-refractivity contribution in [3.63, 3.8) is 0 Å². The highest BCUT2D eigenvalue weighted by molar-refractivity contribution is 7.89. The van der Waals surface area contributed by atoms with E-state index in [0.717, 1.165) is 0 Å². The molecule has 1 N–H and O–H groups in total. The van der Waals surface area contributed by atoms with Crippen LogP contribution in [0.5, 0.6) is 0 Å². The van der Waals surface area contributed by atoms with Crippen molar-refractivity contribution in [3.8, 4) is 0 Å². The number of pyridine rings is 1. The summed E-state index contributed by atoms with van der Waals surface area (Å²) in [4.78, 5) is 38.9. The van der Waals surface area contributed by atoms with E-state index in [1.165, 1.54) is 60.0 Å². The molecule has 170 valence electrons. The third kappa shape index (κ3) is 5.45. The number of ether oxygens (including phenoxy) is 1. The zero-order chi connectivity index (χ0) is 23.3. The number of sulfonamides is 1.